The number of aromatic hydroxyl groups is 2. The molecule has 0 saturated heterocycles. The molecule has 1 aromatic rings. The minimum absolute atomic E-state index is 0.00836. The SMILES string of the molecule is CN(C(=O)c1cccc(O)c1O)C(C)(C)CO. The maximum atomic E-state index is 12.1. The number of rotatable bonds is 3. The Labute approximate surface area is 99.9 Å². The van der Waals surface area contributed by atoms with Crippen molar-refractivity contribution < 1.29 is 20.1 Å². The fourth-order valence-electron chi connectivity index (χ4n) is 1.27. The van der Waals surface area contributed by atoms with Gasteiger partial charge in [-0.1, -0.05) is 6.07 Å². The van der Waals surface area contributed by atoms with Crippen molar-refractivity contribution in [2.24, 2.45) is 0 Å². The van der Waals surface area contributed by atoms with E-state index in [0.29, 0.717) is 0 Å². The fraction of sp³-hybridized carbons (Fsp3) is 0.417. The van der Waals surface area contributed by atoms with Crippen molar-refractivity contribution >= 4 is 5.91 Å². The highest BCUT2D eigenvalue weighted by Gasteiger charge is 2.29. The van der Waals surface area contributed by atoms with Crippen LogP contribution >= 0.6 is 0 Å². The highest BCUT2D eigenvalue weighted by molar-refractivity contribution is 5.97. The van der Waals surface area contributed by atoms with Crippen molar-refractivity contribution in [1.82, 2.24) is 4.90 Å². The van der Waals surface area contributed by atoms with Gasteiger partial charge in [0.1, 0.15) is 0 Å². The average molecular weight is 239 g/mol. The smallest absolute Gasteiger partial charge is 0.258 e. The molecule has 1 rings (SSSR count). The van der Waals surface area contributed by atoms with E-state index >= 15 is 0 Å². The van der Waals surface area contributed by atoms with Gasteiger partial charge in [0.05, 0.1) is 17.7 Å². The number of carbonyl (C=O) groups excluding carboxylic acids is 1. The van der Waals surface area contributed by atoms with Gasteiger partial charge in [0.25, 0.3) is 5.91 Å². The summed E-state index contributed by atoms with van der Waals surface area (Å²) in [6.45, 7) is 3.20. The molecule has 0 heterocycles. The van der Waals surface area contributed by atoms with Gasteiger partial charge >= 0.3 is 0 Å². The Hall–Kier alpha value is -1.75. The van der Waals surface area contributed by atoms with E-state index in [-0.39, 0.29) is 17.9 Å². The molecule has 5 heteroatoms. The molecule has 3 N–H and O–H groups in total. The predicted molar refractivity (Wildman–Crippen MR) is 63.0 cm³/mol. The molecule has 1 amide bonds. The number of aliphatic hydroxyl groups excluding tert-OH is 1. The lowest BCUT2D eigenvalue weighted by molar-refractivity contribution is 0.0470. The zero-order valence-electron chi connectivity index (χ0n) is 10.1. The summed E-state index contributed by atoms with van der Waals surface area (Å²) in [6, 6.07) is 4.19. The molecule has 5 nitrogen and oxygen atoms in total. The van der Waals surface area contributed by atoms with Gasteiger partial charge in [0.15, 0.2) is 11.5 Å². The van der Waals surface area contributed by atoms with Crippen LogP contribution in [-0.4, -0.2) is 45.3 Å². The number of hydrogen-bond acceptors (Lipinski definition) is 4. The second-order valence-electron chi connectivity index (χ2n) is 4.51. The first-order valence-corrected chi connectivity index (χ1v) is 5.21. The molecule has 0 radical (unpaired) electrons. The molecule has 0 unspecified atom stereocenters. The zero-order valence-corrected chi connectivity index (χ0v) is 10.1. The Kier molecular flexibility index (Phi) is 3.63. The molecule has 0 bridgehead atoms. The number of aliphatic hydroxyl groups is 1. The lowest BCUT2D eigenvalue weighted by Crippen LogP contribution is -2.47. The summed E-state index contributed by atoms with van der Waals surface area (Å²) in [7, 11) is 1.53. The summed E-state index contributed by atoms with van der Waals surface area (Å²) in [5.41, 5.74) is -0.733. The standard InChI is InChI=1S/C12H17NO4/c1-12(2,7-14)13(3)11(17)8-5-4-6-9(15)10(8)16/h4-6,14-16H,7H2,1-3H3. The van der Waals surface area contributed by atoms with E-state index in [1.165, 1.54) is 30.1 Å². The summed E-state index contributed by atoms with van der Waals surface area (Å²) < 4.78 is 0. The monoisotopic (exact) mass is 239 g/mol. The Bertz CT molecular complexity index is 429. The Morgan fingerprint density at radius 3 is 2.47 bits per heavy atom. The molecule has 1 aromatic carbocycles. The predicted octanol–water partition coefficient (Wildman–Crippen LogP) is 0.941. The molecule has 0 aliphatic rings. The molecule has 0 atom stereocenters. The number of benzene rings is 1. The molecule has 0 saturated carbocycles. The highest BCUT2D eigenvalue weighted by atomic mass is 16.3. The lowest BCUT2D eigenvalue weighted by Gasteiger charge is -2.34. The van der Waals surface area contributed by atoms with Crippen LogP contribution in [0.1, 0.15) is 24.2 Å². The van der Waals surface area contributed by atoms with Crippen LogP contribution in [0.2, 0.25) is 0 Å². The molecule has 17 heavy (non-hydrogen) atoms. The molecule has 0 spiro atoms. The number of amides is 1. The van der Waals surface area contributed by atoms with Gasteiger partial charge in [0.2, 0.25) is 0 Å². The van der Waals surface area contributed by atoms with Gasteiger partial charge in [-0.15, -0.1) is 0 Å². The number of phenolic OH excluding ortho intramolecular Hbond substituents is 2. The molecule has 0 aliphatic heterocycles. The van der Waals surface area contributed by atoms with E-state index in [0.717, 1.165) is 0 Å². The van der Waals surface area contributed by atoms with Crippen molar-refractivity contribution in [1.29, 1.82) is 0 Å². The van der Waals surface area contributed by atoms with Gasteiger partial charge in [-0.2, -0.15) is 0 Å². The first-order valence-electron chi connectivity index (χ1n) is 5.21. The van der Waals surface area contributed by atoms with Gasteiger partial charge in [0, 0.05) is 7.05 Å². The van der Waals surface area contributed by atoms with Gasteiger partial charge < -0.3 is 20.2 Å². The third-order valence-corrected chi connectivity index (χ3v) is 2.84. The molecule has 94 valence electrons. The molecular weight excluding hydrogens is 222 g/mol. The van der Waals surface area contributed by atoms with E-state index in [1.54, 1.807) is 13.8 Å². The number of phenols is 2. The Morgan fingerprint density at radius 1 is 1.35 bits per heavy atom. The Morgan fingerprint density at radius 2 is 1.94 bits per heavy atom. The second-order valence-corrected chi connectivity index (χ2v) is 4.51. The van der Waals surface area contributed by atoms with Crippen LogP contribution in [0.5, 0.6) is 11.5 Å². The summed E-state index contributed by atoms with van der Waals surface area (Å²) in [6.07, 6.45) is 0. The van der Waals surface area contributed by atoms with Crippen LogP contribution in [-0.2, 0) is 0 Å². The largest absolute Gasteiger partial charge is 0.504 e. The first kappa shape index (κ1) is 13.3. The van der Waals surface area contributed by atoms with Crippen LogP contribution in [0.3, 0.4) is 0 Å². The maximum absolute atomic E-state index is 12.1. The van der Waals surface area contributed by atoms with Gasteiger partial charge in [-0.05, 0) is 26.0 Å². The number of likely N-dealkylation sites (N-methyl/N-ethyl adjacent to an activating group) is 1. The molecular formula is C12H17NO4. The summed E-state index contributed by atoms with van der Waals surface area (Å²) in [4.78, 5) is 13.4. The Balaban J connectivity index is 3.09. The minimum atomic E-state index is -0.741. The number of hydrogen-bond donors (Lipinski definition) is 3. The molecule has 0 fully saturated rings. The molecule has 0 aliphatic carbocycles. The third kappa shape index (κ3) is 2.50. The summed E-state index contributed by atoms with van der Waals surface area (Å²) >= 11 is 0. The van der Waals surface area contributed by atoms with Gasteiger partial charge in [-0.3, -0.25) is 4.79 Å². The topological polar surface area (TPSA) is 81.0 Å². The summed E-state index contributed by atoms with van der Waals surface area (Å²) in [5, 5.41) is 28.1. The van der Waals surface area contributed by atoms with Crippen LogP contribution < -0.4 is 0 Å². The van der Waals surface area contributed by atoms with E-state index in [4.69, 9.17) is 0 Å². The second kappa shape index (κ2) is 4.63. The highest BCUT2D eigenvalue weighted by Crippen LogP contribution is 2.30. The van der Waals surface area contributed by atoms with Crippen molar-refractivity contribution in [2.45, 2.75) is 19.4 Å². The van der Waals surface area contributed by atoms with Crippen molar-refractivity contribution in [3.05, 3.63) is 23.8 Å². The van der Waals surface area contributed by atoms with Crippen molar-refractivity contribution in [3.63, 3.8) is 0 Å². The lowest BCUT2D eigenvalue weighted by atomic mass is 10.0. The van der Waals surface area contributed by atoms with E-state index in [9.17, 15) is 20.1 Å². The fourth-order valence-corrected chi connectivity index (χ4v) is 1.27. The van der Waals surface area contributed by atoms with Gasteiger partial charge in [-0.25, -0.2) is 0 Å². The van der Waals surface area contributed by atoms with Crippen LogP contribution in [0, 0.1) is 0 Å². The van der Waals surface area contributed by atoms with E-state index in [1.807, 2.05) is 0 Å². The van der Waals surface area contributed by atoms with Crippen molar-refractivity contribution in [3.8, 4) is 11.5 Å². The van der Waals surface area contributed by atoms with E-state index in [2.05, 4.69) is 0 Å². The molecule has 0 aromatic heterocycles. The summed E-state index contributed by atoms with van der Waals surface area (Å²) in [5.74, 6) is -1.25. The van der Waals surface area contributed by atoms with Crippen LogP contribution in [0.15, 0.2) is 18.2 Å². The normalized spacial score (nSPS) is 11.3. The number of nitrogens with zero attached hydrogens (tertiary/aromatic N) is 1. The maximum Gasteiger partial charge on any atom is 0.258 e. The quantitative estimate of drug-likeness (QED) is 0.686. The van der Waals surface area contributed by atoms with Crippen LogP contribution in [0.25, 0.3) is 0 Å². The van der Waals surface area contributed by atoms with E-state index < -0.39 is 17.2 Å². The first-order chi connectivity index (χ1) is 7.81. The number of para-hydroxylation sites is 1. The average Bonchev–Trinajstić information content (AvgIpc) is 2.30. The van der Waals surface area contributed by atoms with Crippen molar-refractivity contribution in [2.75, 3.05) is 13.7 Å². The third-order valence-electron chi connectivity index (χ3n) is 2.84. The minimum Gasteiger partial charge on any atom is -0.504 e. The van der Waals surface area contributed by atoms with Crippen LogP contribution in [0.4, 0.5) is 0 Å². The number of carbonyl (C=O) groups is 1. The zero-order chi connectivity index (χ0) is 13.2.